The molecule has 0 radical (unpaired) electrons. The van der Waals surface area contributed by atoms with Crippen molar-refractivity contribution in [1.29, 1.82) is 0 Å². The number of likely N-dealkylation sites (tertiary alicyclic amines) is 1. The van der Waals surface area contributed by atoms with Crippen molar-refractivity contribution in [2.45, 2.75) is 37.6 Å². The van der Waals surface area contributed by atoms with E-state index in [9.17, 15) is 4.79 Å². The molecule has 2 aliphatic rings. The predicted molar refractivity (Wildman–Crippen MR) is 107 cm³/mol. The first-order chi connectivity index (χ1) is 13.8. The molecule has 2 aromatic rings. The minimum Gasteiger partial charge on any atom is -0.385 e. The van der Waals surface area contributed by atoms with Crippen LogP contribution in [-0.4, -0.2) is 47.1 Å². The van der Waals surface area contributed by atoms with E-state index in [1.54, 1.807) is 19.5 Å². The summed E-state index contributed by atoms with van der Waals surface area (Å²) in [7, 11) is 1.70. The number of hydrogen-bond acceptors (Lipinski definition) is 4. The normalized spacial score (nSPS) is 23.4. The van der Waals surface area contributed by atoms with Gasteiger partial charge in [-0.1, -0.05) is 36.5 Å². The van der Waals surface area contributed by atoms with E-state index >= 15 is 0 Å². The molecule has 1 aromatic heterocycles. The number of rotatable bonds is 5. The van der Waals surface area contributed by atoms with Gasteiger partial charge in [-0.25, -0.2) is 9.97 Å². The molecule has 1 amide bonds. The van der Waals surface area contributed by atoms with E-state index in [0.29, 0.717) is 24.4 Å². The quantitative estimate of drug-likeness (QED) is 0.595. The number of nitrogens with zero attached hydrogens (tertiary/aromatic N) is 3. The maximum Gasteiger partial charge on any atom is 0.233 e. The number of aromatic nitrogens is 2. The zero-order valence-electron chi connectivity index (χ0n) is 16.2. The lowest BCUT2D eigenvalue weighted by molar-refractivity contribution is -0.130. The van der Waals surface area contributed by atoms with E-state index in [1.807, 2.05) is 35.2 Å². The van der Waals surface area contributed by atoms with Gasteiger partial charge in [0.05, 0.1) is 5.56 Å². The third-order valence-corrected chi connectivity index (χ3v) is 5.73. The Kier molecular flexibility index (Phi) is 5.68. The molecule has 3 atom stereocenters. The van der Waals surface area contributed by atoms with Gasteiger partial charge in [-0.05, 0) is 37.3 Å². The predicted octanol–water partition coefficient (Wildman–Crippen LogP) is 3.01. The maximum absolute atomic E-state index is 13.1. The van der Waals surface area contributed by atoms with Gasteiger partial charge in [0.15, 0.2) is 0 Å². The summed E-state index contributed by atoms with van der Waals surface area (Å²) < 4.78 is 5.15. The van der Waals surface area contributed by atoms with Crippen LogP contribution < -0.4 is 0 Å². The zero-order chi connectivity index (χ0) is 19.3. The summed E-state index contributed by atoms with van der Waals surface area (Å²) in [5.41, 5.74) is 1.72. The number of methoxy groups -OCH3 is 1. The number of hydrogen-bond donors (Lipinski definition) is 0. The van der Waals surface area contributed by atoms with Gasteiger partial charge >= 0.3 is 0 Å². The highest BCUT2D eigenvalue weighted by Gasteiger charge is 2.51. The van der Waals surface area contributed by atoms with Crippen molar-refractivity contribution < 1.29 is 9.53 Å². The molecule has 1 aliphatic heterocycles. The lowest BCUT2D eigenvalue weighted by Gasteiger charge is -2.23. The van der Waals surface area contributed by atoms with Crippen molar-refractivity contribution in [2.24, 2.45) is 5.92 Å². The number of carbonyl (C=O) groups is 1. The number of benzene rings is 1. The molecule has 0 N–H and O–H groups in total. The molecule has 1 aliphatic carbocycles. The number of fused-ring (bicyclic) bond motifs is 1. The van der Waals surface area contributed by atoms with Gasteiger partial charge in [0.1, 0.15) is 11.7 Å². The van der Waals surface area contributed by atoms with Crippen molar-refractivity contribution in [2.75, 3.05) is 20.3 Å². The monoisotopic (exact) mass is 375 g/mol. The van der Waals surface area contributed by atoms with E-state index < -0.39 is 0 Å². The first-order valence-corrected chi connectivity index (χ1v) is 9.96. The van der Waals surface area contributed by atoms with E-state index in [-0.39, 0.29) is 11.8 Å². The molecule has 2 heterocycles. The molecule has 1 unspecified atom stereocenters. The Balaban J connectivity index is 1.50. The van der Waals surface area contributed by atoms with Gasteiger partial charge < -0.3 is 9.64 Å². The molecule has 0 bridgehead atoms. The molecular formula is C23H25N3O2. The van der Waals surface area contributed by atoms with Crippen LogP contribution in [0.1, 0.15) is 48.6 Å². The second-order valence-corrected chi connectivity index (χ2v) is 7.46. The van der Waals surface area contributed by atoms with Crippen LogP contribution in [0, 0.1) is 17.8 Å². The Labute approximate surface area is 166 Å². The van der Waals surface area contributed by atoms with Crippen LogP contribution >= 0.6 is 0 Å². The Morgan fingerprint density at radius 2 is 1.86 bits per heavy atom. The zero-order valence-corrected chi connectivity index (χ0v) is 16.2. The van der Waals surface area contributed by atoms with Crippen LogP contribution in [0.4, 0.5) is 0 Å². The highest BCUT2D eigenvalue weighted by atomic mass is 16.5. The number of amides is 1. The SMILES string of the molecule is COCCCN1C(=O)C(c2ncc(C#Cc3ccccc3)cn2)[C@H]2CCC[C@@H]21. The summed E-state index contributed by atoms with van der Waals surface area (Å²) in [6, 6.07) is 10.2. The standard InChI is InChI=1S/C23H25N3O2/c1-28-14-6-13-26-20-10-5-9-19(20)21(23(26)27)22-24-15-18(16-25-22)12-11-17-7-3-2-4-8-17/h2-4,7-8,15-16,19-21H,5-6,9-10,13-14H2,1H3/t19-,20-,21?/m0/s1. The first kappa shape index (κ1) is 18.6. The fourth-order valence-corrected chi connectivity index (χ4v) is 4.46. The minimum atomic E-state index is -0.217. The highest BCUT2D eigenvalue weighted by Crippen LogP contribution is 2.46. The Bertz CT molecular complexity index is 870. The number of carbonyl (C=O) groups excluding carboxylic acids is 1. The Morgan fingerprint density at radius 1 is 1.11 bits per heavy atom. The molecule has 28 heavy (non-hydrogen) atoms. The van der Waals surface area contributed by atoms with Crippen LogP contribution in [-0.2, 0) is 9.53 Å². The van der Waals surface area contributed by atoms with E-state index in [4.69, 9.17) is 4.74 Å². The van der Waals surface area contributed by atoms with E-state index in [1.165, 1.54) is 6.42 Å². The van der Waals surface area contributed by atoms with Crippen LogP contribution in [0.5, 0.6) is 0 Å². The summed E-state index contributed by atoms with van der Waals surface area (Å²) in [6.07, 6.45) is 7.67. The molecule has 4 rings (SSSR count). The van der Waals surface area contributed by atoms with Crippen molar-refractivity contribution in [1.82, 2.24) is 14.9 Å². The molecule has 1 saturated heterocycles. The van der Waals surface area contributed by atoms with Crippen molar-refractivity contribution in [3.63, 3.8) is 0 Å². The summed E-state index contributed by atoms with van der Waals surface area (Å²) >= 11 is 0. The van der Waals surface area contributed by atoms with Gasteiger partial charge in [-0.15, -0.1) is 0 Å². The Hall–Kier alpha value is -2.71. The van der Waals surface area contributed by atoms with Crippen molar-refractivity contribution in [3.05, 3.63) is 59.7 Å². The van der Waals surface area contributed by atoms with Crippen LogP contribution in [0.15, 0.2) is 42.7 Å². The van der Waals surface area contributed by atoms with E-state index in [0.717, 1.165) is 36.9 Å². The molecule has 1 saturated carbocycles. The first-order valence-electron chi connectivity index (χ1n) is 9.96. The molecule has 0 spiro atoms. The van der Waals surface area contributed by atoms with E-state index in [2.05, 4.69) is 21.8 Å². The van der Waals surface area contributed by atoms with Crippen LogP contribution in [0.3, 0.4) is 0 Å². The molecule has 5 nitrogen and oxygen atoms in total. The summed E-state index contributed by atoms with van der Waals surface area (Å²) in [5.74, 6) is 7.14. The fourth-order valence-electron chi connectivity index (χ4n) is 4.46. The molecule has 144 valence electrons. The van der Waals surface area contributed by atoms with Crippen LogP contribution in [0.25, 0.3) is 0 Å². The average molecular weight is 375 g/mol. The minimum absolute atomic E-state index is 0.175. The highest BCUT2D eigenvalue weighted by molar-refractivity contribution is 5.86. The lowest BCUT2D eigenvalue weighted by atomic mass is 9.91. The molecular weight excluding hydrogens is 350 g/mol. The lowest BCUT2D eigenvalue weighted by Crippen LogP contribution is -2.35. The summed E-state index contributed by atoms with van der Waals surface area (Å²) in [6.45, 7) is 1.43. The summed E-state index contributed by atoms with van der Waals surface area (Å²) in [4.78, 5) is 24.2. The van der Waals surface area contributed by atoms with Crippen molar-refractivity contribution >= 4 is 5.91 Å². The second-order valence-electron chi connectivity index (χ2n) is 7.46. The molecule has 1 aromatic carbocycles. The second kappa shape index (κ2) is 8.53. The fraction of sp³-hybridized carbons (Fsp3) is 0.435. The Morgan fingerprint density at radius 3 is 2.61 bits per heavy atom. The average Bonchev–Trinajstić information content (AvgIpc) is 3.29. The van der Waals surface area contributed by atoms with Gasteiger partial charge in [-0.3, -0.25) is 4.79 Å². The number of ether oxygens (including phenoxy) is 1. The van der Waals surface area contributed by atoms with Crippen molar-refractivity contribution in [3.8, 4) is 11.8 Å². The van der Waals surface area contributed by atoms with Gasteiger partial charge in [0.2, 0.25) is 5.91 Å². The molecule has 2 fully saturated rings. The summed E-state index contributed by atoms with van der Waals surface area (Å²) in [5, 5.41) is 0. The molecule has 5 heteroatoms. The van der Waals surface area contributed by atoms with Gasteiger partial charge in [-0.2, -0.15) is 0 Å². The topological polar surface area (TPSA) is 55.3 Å². The third kappa shape index (κ3) is 3.79. The maximum atomic E-state index is 13.1. The largest absolute Gasteiger partial charge is 0.385 e. The van der Waals surface area contributed by atoms with Gasteiger partial charge in [0, 0.05) is 44.3 Å². The van der Waals surface area contributed by atoms with Gasteiger partial charge in [0.25, 0.3) is 0 Å². The van der Waals surface area contributed by atoms with Crippen LogP contribution in [0.2, 0.25) is 0 Å². The smallest absolute Gasteiger partial charge is 0.233 e. The third-order valence-electron chi connectivity index (χ3n) is 5.73.